The highest BCUT2D eigenvalue weighted by molar-refractivity contribution is 7.99. The molecular formula is C19H24N7OS+. The number of aromatic amines is 1. The first-order valence-corrected chi connectivity index (χ1v) is 9.91. The van der Waals surface area contributed by atoms with E-state index in [-0.39, 0.29) is 17.7 Å². The molecule has 146 valence electrons. The number of nitrogens with two attached hydrogens (primary N) is 2. The van der Waals surface area contributed by atoms with Gasteiger partial charge in [-0.1, -0.05) is 21.9 Å². The van der Waals surface area contributed by atoms with E-state index in [2.05, 4.69) is 25.3 Å². The number of hydrogen-bond donors (Lipinski definition) is 3. The molecule has 1 saturated carbocycles. The second kappa shape index (κ2) is 8.83. The van der Waals surface area contributed by atoms with E-state index < -0.39 is 0 Å². The highest BCUT2D eigenvalue weighted by Crippen LogP contribution is 2.31. The number of benzene rings is 1. The van der Waals surface area contributed by atoms with Gasteiger partial charge in [0.2, 0.25) is 11.7 Å². The fourth-order valence-electron chi connectivity index (χ4n) is 2.37. The number of H-pyrrole nitrogens is 1. The van der Waals surface area contributed by atoms with E-state index in [1.165, 1.54) is 11.8 Å². The largest absolute Gasteiger partial charge is 0.402 e. The number of anilines is 1. The highest BCUT2D eigenvalue weighted by Gasteiger charge is 2.29. The van der Waals surface area contributed by atoms with Crippen molar-refractivity contribution in [3.05, 3.63) is 41.9 Å². The quantitative estimate of drug-likeness (QED) is 0.484. The molecule has 9 heteroatoms. The maximum Gasteiger partial charge on any atom is 0.387 e. The van der Waals surface area contributed by atoms with Gasteiger partial charge in [-0.3, -0.25) is 4.79 Å². The Kier molecular flexibility index (Phi) is 6.25. The Labute approximate surface area is 168 Å². The Morgan fingerprint density at radius 1 is 1.32 bits per heavy atom. The van der Waals surface area contributed by atoms with E-state index in [1.54, 1.807) is 13.0 Å². The molecule has 0 aliphatic heterocycles. The molecule has 0 radical (unpaired) electrons. The SMILES string of the molecule is CCc1nc(N=C(N)/C=C(/C)N)[nH+]c(Sc2ccc(NC(=O)C3CC3)cc2)n1. The Balaban J connectivity index is 1.74. The number of aliphatic imine (C=N–C) groups is 1. The Bertz CT molecular complexity index is 916. The van der Waals surface area contributed by atoms with Crippen LogP contribution in [-0.4, -0.2) is 21.7 Å². The van der Waals surface area contributed by atoms with Gasteiger partial charge in [0.25, 0.3) is 5.16 Å². The van der Waals surface area contributed by atoms with Crippen LogP contribution >= 0.6 is 11.8 Å². The van der Waals surface area contributed by atoms with Crippen molar-refractivity contribution >= 4 is 35.1 Å². The molecule has 1 aliphatic rings. The molecule has 1 amide bonds. The third-order valence-corrected chi connectivity index (χ3v) is 4.79. The third kappa shape index (κ3) is 5.78. The summed E-state index contributed by atoms with van der Waals surface area (Å²) in [6.45, 7) is 3.71. The summed E-state index contributed by atoms with van der Waals surface area (Å²) >= 11 is 1.45. The van der Waals surface area contributed by atoms with Crippen molar-refractivity contribution in [2.75, 3.05) is 5.32 Å². The molecule has 1 aromatic carbocycles. The van der Waals surface area contributed by atoms with E-state index in [0.29, 0.717) is 29.0 Å². The zero-order valence-electron chi connectivity index (χ0n) is 15.9. The lowest BCUT2D eigenvalue weighted by atomic mass is 10.3. The zero-order valence-corrected chi connectivity index (χ0v) is 16.7. The minimum Gasteiger partial charge on any atom is -0.402 e. The minimum atomic E-state index is 0.0963. The summed E-state index contributed by atoms with van der Waals surface area (Å²) in [6.07, 6.45) is 4.21. The van der Waals surface area contributed by atoms with Gasteiger partial charge in [0.15, 0.2) is 5.84 Å². The summed E-state index contributed by atoms with van der Waals surface area (Å²) in [4.78, 5) is 29.0. The second-order valence-corrected chi connectivity index (χ2v) is 7.62. The monoisotopic (exact) mass is 398 g/mol. The highest BCUT2D eigenvalue weighted by atomic mass is 32.2. The van der Waals surface area contributed by atoms with Crippen LogP contribution in [0.1, 0.15) is 32.5 Å². The fraction of sp³-hybridized carbons (Fsp3) is 0.316. The van der Waals surface area contributed by atoms with Crippen LogP contribution in [0.3, 0.4) is 0 Å². The second-order valence-electron chi connectivity index (χ2n) is 6.56. The minimum absolute atomic E-state index is 0.0963. The molecule has 8 nitrogen and oxygen atoms in total. The molecule has 1 aliphatic carbocycles. The summed E-state index contributed by atoms with van der Waals surface area (Å²) in [5.74, 6) is 1.58. The molecule has 0 saturated heterocycles. The first kappa shape index (κ1) is 19.8. The molecule has 0 bridgehead atoms. The van der Waals surface area contributed by atoms with E-state index in [0.717, 1.165) is 23.4 Å². The molecular weight excluding hydrogens is 374 g/mol. The Hall–Kier alpha value is -2.94. The Morgan fingerprint density at radius 2 is 2.04 bits per heavy atom. The van der Waals surface area contributed by atoms with Crippen LogP contribution in [0.2, 0.25) is 0 Å². The van der Waals surface area contributed by atoms with Gasteiger partial charge in [-0.2, -0.15) is 0 Å². The first-order chi connectivity index (χ1) is 13.4. The van der Waals surface area contributed by atoms with Crippen LogP contribution < -0.4 is 21.8 Å². The maximum absolute atomic E-state index is 11.8. The molecule has 1 heterocycles. The number of carbonyl (C=O) groups excluding carboxylic acids is 1. The zero-order chi connectivity index (χ0) is 20.1. The molecule has 6 N–H and O–H groups in total. The van der Waals surface area contributed by atoms with Crippen LogP contribution in [0.5, 0.6) is 0 Å². The number of aryl methyl sites for hydroxylation is 1. The predicted octanol–water partition coefficient (Wildman–Crippen LogP) is 2.20. The molecule has 0 spiro atoms. The number of carbonyl (C=O) groups is 1. The number of hydrogen-bond acceptors (Lipinski definition) is 6. The average Bonchev–Trinajstić information content (AvgIpc) is 3.47. The molecule has 1 aromatic heterocycles. The number of nitrogens with zero attached hydrogens (tertiary/aromatic N) is 3. The number of aromatic nitrogens is 3. The lowest BCUT2D eigenvalue weighted by Gasteiger charge is -2.05. The van der Waals surface area contributed by atoms with E-state index in [9.17, 15) is 4.79 Å². The summed E-state index contributed by atoms with van der Waals surface area (Å²) in [5.41, 5.74) is 12.8. The van der Waals surface area contributed by atoms with Crippen molar-refractivity contribution in [2.45, 2.75) is 43.2 Å². The van der Waals surface area contributed by atoms with Crippen LogP contribution in [0, 0.1) is 5.92 Å². The summed E-state index contributed by atoms with van der Waals surface area (Å²) in [6, 6.07) is 7.64. The smallest absolute Gasteiger partial charge is 0.387 e. The number of allylic oxidation sites excluding steroid dienone is 1. The van der Waals surface area contributed by atoms with Gasteiger partial charge < -0.3 is 16.8 Å². The molecule has 1 fully saturated rings. The van der Waals surface area contributed by atoms with E-state index in [4.69, 9.17) is 11.5 Å². The van der Waals surface area contributed by atoms with Gasteiger partial charge >= 0.3 is 5.95 Å². The van der Waals surface area contributed by atoms with Crippen molar-refractivity contribution < 1.29 is 9.78 Å². The normalized spacial score (nSPS) is 14.8. The molecule has 0 unspecified atom stereocenters. The summed E-state index contributed by atoms with van der Waals surface area (Å²) in [7, 11) is 0. The third-order valence-electron chi connectivity index (χ3n) is 3.90. The lowest BCUT2D eigenvalue weighted by molar-refractivity contribution is -0.423. The van der Waals surface area contributed by atoms with E-state index >= 15 is 0 Å². The van der Waals surface area contributed by atoms with Gasteiger partial charge in [-0.05, 0) is 55.8 Å². The number of rotatable bonds is 7. The predicted molar refractivity (Wildman–Crippen MR) is 109 cm³/mol. The Morgan fingerprint density at radius 3 is 2.64 bits per heavy atom. The maximum atomic E-state index is 11.8. The lowest BCUT2D eigenvalue weighted by Crippen LogP contribution is -2.17. The van der Waals surface area contributed by atoms with Crippen molar-refractivity contribution in [1.82, 2.24) is 9.97 Å². The first-order valence-electron chi connectivity index (χ1n) is 9.10. The van der Waals surface area contributed by atoms with Crippen LogP contribution in [0.15, 0.2) is 51.1 Å². The summed E-state index contributed by atoms with van der Waals surface area (Å²) < 4.78 is 0. The van der Waals surface area contributed by atoms with Gasteiger partial charge in [0.05, 0.1) is 0 Å². The van der Waals surface area contributed by atoms with Crippen molar-refractivity contribution in [1.29, 1.82) is 0 Å². The van der Waals surface area contributed by atoms with Crippen LogP contribution in [-0.2, 0) is 11.2 Å². The van der Waals surface area contributed by atoms with Gasteiger partial charge in [0, 0.05) is 34.7 Å². The molecule has 28 heavy (non-hydrogen) atoms. The number of amides is 1. The van der Waals surface area contributed by atoms with Crippen molar-refractivity contribution in [3.8, 4) is 0 Å². The molecule has 0 atom stereocenters. The van der Waals surface area contributed by atoms with Crippen molar-refractivity contribution in [2.24, 2.45) is 22.4 Å². The van der Waals surface area contributed by atoms with Crippen LogP contribution in [0.4, 0.5) is 11.6 Å². The van der Waals surface area contributed by atoms with Gasteiger partial charge in [-0.15, -0.1) is 0 Å². The average molecular weight is 399 g/mol. The van der Waals surface area contributed by atoms with Crippen molar-refractivity contribution in [3.63, 3.8) is 0 Å². The topological polar surface area (TPSA) is 133 Å². The summed E-state index contributed by atoms with van der Waals surface area (Å²) in [5, 5.41) is 3.58. The fourth-order valence-corrected chi connectivity index (χ4v) is 3.16. The molecule has 2 aromatic rings. The standard InChI is InChI=1S/C19H23N7OS/c1-3-16-24-18(23-15(21)10-11(2)20)26-19(25-16)28-14-8-6-13(7-9-14)22-17(27)12-4-5-12/h6-10,12H,3-5,20H2,1-2H3,(H,22,27)(H2,21,23,24,25,26)/p+1/b11-10-. The number of amidine groups is 1. The van der Waals surface area contributed by atoms with Gasteiger partial charge in [-0.25, -0.2) is 4.98 Å². The number of nitrogens with one attached hydrogen (secondary N) is 2. The van der Waals surface area contributed by atoms with Gasteiger partial charge in [0.1, 0.15) is 0 Å². The van der Waals surface area contributed by atoms with Crippen LogP contribution in [0.25, 0.3) is 0 Å². The molecule has 3 rings (SSSR count). The van der Waals surface area contributed by atoms with E-state index in [1.807, 2.05) is 31.2 Å².